The summed E-state index contributed by atoms with van der Waals surface area (Å²) in [6.07, 6.45) is 3.22. The molecule has 1 saturated heterocycles. The first-order chi connectivity index (χ1) is 10.1. The van der Waals surface area contributed by atoms with Gasteiger partial charge in [0.05, 0.1) is 0 Å². The van der Waals surface area contributed by atoms with Gasteiger partial charge in [-0.25, -0.2) is 0 Å². The van der Waals surface area contributed by atoms with Crippen LogP contribution in [0.2, 0.25) is 0 Å². The maximum absolute atomic E-state index is 11.9. The Kier molecular flexibility index (Phi) is 5.62. The van der Waals surface area contributed by atoms with Gasteiger partial charge in [-0.05, 0) is 55.5 Å². The smallest absolute Gasteiger partial charge is 0.257 e. The molecule has 21 heavy (non-hydrogen) atoms. The Balaban J connectivity index is 1.71. The predicted molar refractivity (Wildman–Crippen MR) is 84.5 cm³/mol. The lowest BCUT2D eigenvalue weighted by Crippen LogP contribution is -2.43. The van der Waals surface area contributed by atoms with E-state index in [9.17, 15) is 4.79 Å². The van der Waals surface area contributed by atoms with Crippen molar-refractivity contribution in [3.05, 3.63) is 29.8 Å². The fourth-order valence-electron chi connectivity index (χ4n) is 2.54. The van der Waals surface area contributed by atoms with Crippen LogP contribution in [0, 0.1) is 5.41 Å². The Labute approximate surface area is 127 Å². The first kappa shape index (κ1) is 15.8. The number of aryl methyl sites for hydroxylation is 1. The van der Waals surface area contributed by atoms with Crippen LogP contribution in [0.15, 0.2) is 24.3 Å². The molecule has 1 amide bonds. The highest BCUT2D eigenvalue weighted by Crippen LogP contribution is 2.26. The maximum Gasteiger partial charge on any atom is 0.257 e. The van der Waals surface area contributed by atoms with Crippen LogP contribution in [0.25, 0.3) is 0 Å². The molecule has 4 heteroatoms. The summed E-state index contributed by atoms with van der Waals surface area (Å²) in [5, 5.41) is 6.34. The molecule has 0 spiro atoms. The van der Waals surface area contributed by atoms with Gasteiger partial charge in [0.2, 0.25) is 0 Å². The summed E-state index contributed by atoms with van der Waals surface area (Å²) >= 11 is 0. The molecule has 0 bridgehead atoms. The van der Waals surface area contributed by atoms with E-state index in [1.165, 1.54) is 5.56 Å². The van der Waals surface area contributed by atoms with Crippen molar-refractivity contribution in [2.45, 2.75) is 33.1 Å². The van der Waals surface area contributed by atoms with Crippen molar-refractivity contribution in [3.8, 4) is 5.75 Å². The second kappa shape index (κ2) is 7.46. The van der Waals surface area contributed by atoms with E-state index in [1.54, 1.807) is 0 Å². The van der Waals surface area contributed by atoms with E-state index in [0.717, 1.165) is 44.6 Å². The standard InChI is InChI=1S/C17H26N2O2/c1-3-14-4-6-15(7-5-14)21-12-16(20)19-13-17(2)8-10-18-11-9-17/h4-7,18H,3,8-13H2,1-2H3,(H,19,20). The summed E-state index contributed by atoms with van der Waals surface area (Å²) in [5.74, 6) is 0.699. The number of piperidine rings is 1. The molecular formula is C17H26N2O2. The quantitative estimate of drug-likeness (QED) is 0.844. The minimum Gasteiger partial charge on any atom is -0.484 e. The molecule has 0 aliphatic carbocycles. The van der Waals surface area contributed by atoms with Crippen LogP contribution in [-0.4, -0.2) is 32.1 Å². The van der Waals surface area contributed by atoms with Crippen molar-refractivity contribution in [2.75, 3.05) is 26.2 Å². The van der Waals surface area contributed by atoms with Crippen molar-refractivity contribution in [1.29, 1.82) is 0 Å². The number of hydrogen-bond donors (Lipinski definition) is 2. The van der Waals surface area contributed by atoms with Crippen LogP contribution >= 0.6 is 0 Å². The first-order valence-electron chi connectivity index (χ1n) is 7.80. The van der Waals surface area contributed by atoms with Gasteiger partial charge in [-0.1, -0.05) is 26.0 Å². The minimum absolute atomic E-state index is 0.0469. The zero-order chi connectivity index (χ0) is 15.1. The molecule has 2 N–H and O–H groups in total. The molecule has 0 atom stereocenters. The van der Waals surface area contributed by atoms with Crippen molar-refractivity contribution >= 4 is 5.91 Å². The van der Waals surface area contributed by atoms with E-state index in [1.807, 2.05) is 24.3 Å². The molecular weight excluding hydrogens is 264 g/mol. The van der Waals surface area contributed by atoms with Crippen LogP contribution in [0.3, 0.4) is 0 Å². The number of rotatable bonds is 6. The number of benzene rings is 1. The van der Waals surface area contributed by atoms with Gasteiger partial charge in [0, 0.05) is 6.54 Å². The fraction of sp³-hybridized carbons (Fsp3) is 0.588. The third-order valence-electron chi connectivity index (χ3n) is 4.22. The van der Waals surface area contributed by atoms with Crippen molar-refractivity contribution in [2.24, 2.45) is 5.41 Å². The third kappa shape index (κ3) is 5.05. The SMILES string of the molecule is CCc1ccc(OCC(=O)NCC2(C)CCNCC2)cc1. The summed E-state index contributed by atoms with van der Waals surface area (Å²) in [5.41, 5.74) is 1.48. The van der Waals surface area contributed by atoms with Crippen molar-refractivity contribution in [3.63, 3.8) is 0 Å². The van der Waals surface area contributed by atoms with Gasteiger partial charge in [-0.2, -0.15) is 0 Å². The van der Waals surface area contributed by atoms with E-state index in [2.05, 4.69) is 24.5 Å². The lowest BCUT2D eigenvalue weighted by atomic mass is 9.81. The van der Waals surface area contributed by atoms with E-state index in [4.69, 9.17) is 4.74 Å². The van der Waals surface area contributed by atoms with Gasteiger partial charge in [-0.3, -0.25) is 4.79 Å². The lowest BCUT2D eigenvalue weighted by molar-refractivity contribution is -0.123. The molecule has 1 heterocycles. The molecule has 2 rings (SSSR count). The number of hydrogen-bond acceptors (Lipinski definition) is 3. The number of carbonyl (C=O) groups excluding carboxylic acids is 1. The summed E-state index contributed by atoms with van der Waals surface area (Å²) in [6, 6.07) is 7.90. The number of carbonyl (C=O) groups is 1. The van der Waals surface area contributed by atoms with Crippen LogP contribution in [0.4, 0.5) is 0 Å². The monoisotopic (exact) mass is 290 g/mol. The molecule has 0 saturated carbocycles. The largest absolute Gasteiger partial charge is 0.484 e. The zero-order valence-corrected chi connectivity index (χ0v) is 13.1. The normalized spacial score (nSPS) is 17.2. The summed E-state index contributed by atoms with van der Waals surface area (Å²) in [4.78, 5) is 11.9. The van der Waals surface area contributed by atoms with Crippen molar-refractivity contribution in [1.82, 2.24) is 10.6 Å². The van der Waals surface area contributed by atoms with Crippen LogP contribution in [-0.2, 0) is 11.2 Å². The van der Waals surface area contributed by atoms with E-state index in [0.29, 0.717) is 0 Å². The van der Waals surface area contributed by atoms with Crippen LogP contribution in [0.1, 0.15) is 32.3 Å². The fourth-order valence-corrected chi connectivity index (χ4v) is 2.54. The van der Waals surface area contributed by atoms with Gasteiger partial charge in [0.1, 0.15) is 5.75 Å². The van der Waals surface area contributed by atoms with E-state index in [-0.39, 0.29) is 17.9 Å². The topological polar surface area (TPSA) is 50.4 Å². The second-order valence-electron chi connectivity index (χ2n) is 6.12. The van der Waals surface area contributed by atoms with Gasteiger partial charge in [0.15, 0.2) is 6.61 Å². The molecule has 0 radical (unpaired) electrons. The molecule has 1 aliphatic heterocycles. The first-order valence-corrected chi connectivity index (χ1v) is 7.80. The predicted octanol–water partition coefficient (Wildman–Crippen LogP) is 2.13. The Hall–Kier alpha value is -1.55. The highest BCUT2D eigenvalue weighted by atomic mass is 16.5. The second-order valence-corrected chi connectivity index (χ2v) is 6.12. The average Bonchev–Trinajstić information content (AvgIpc) is 2.52. The Bertz CT molecular complexity index is 450. The molecule has 4 nitrogen and oxygen atoms in total. The average molecular weight is 290 g/mol. The molecule has 1 aliphatic rings. The van der Waals surface area contributed by atoms with Crippen LogP contribution < -0.4 is 15.4 Å². The molecule has 0 aromatic heterocycles. The highest BCUT2D eigenvalue weighted by molar-refractivity contribution is 5.77. The maximum atomic E-state index is 11.9. The summed E-state index contributed by atoms with van der Waals surface area (Å²) in [7, 11) is 0. The lowest BCUT2D eigenvalue weighted by Gasteiger charge is -2.34. The summed E-state index contributed by atoms with van der Waals surface area (Å²) < 4.78 is 5.52. The van der Waals surface area contributed by atoms with Crippen molar-refractivity contribution < 1.29 is 9.53 Å². The van der Waals surface area contributed by atoms with Crippen LogP contribution in [0.5, 0.6) is 5.75 Å². The Morgan fingerprint density at radius 2 is 1.95 bits per heavy atom. The number of nitrogens with one attached hydrogen (secondary N) is 2. The Morgan fingerprint density at radius 3 is 2.57 bits per heavy atom. The van der Waals surface area contributed by atoms with E-state index < -0.39 is 0 Å². The van der Waals surface area contributed by atoms with Gasteiger partial charge in [0.25, 0.3) is 5.91 Å². The zero-order valence-electron chi connectivity index (χ0n) is 13.1. The molecule has 0 unspecified atom stereocenters. The third-order valence-corrected chi connectivity index (χ3v) is 4.22. The number of amides is 1. The highest BCUT2D eigenvalue weighted by Gasteiger charge is 2.26. The molecule has 116 valence electrons. The summed E-state index contributed by atoms with van der Waals surface area (Å²) in [6.45, 7) is 7.23. The molecule has 1 aromatic carbocycles. The molecule has 1 aromatic rings. The Morgan fingerprint density at radius 1 is 1.29 bits per heavy atom. The van der Waals surface area contributed by atoms with Gasteiger partial charge >= 0.3 is 0 Å². The molecule has 1 fully saturated rings. The van der Waals surface area contributed by atoms with Gasteiger partial charge in [-0.15, -0.1) is 0 Å². The van der Waals surface area contributed by atoms with E-state index >= 15 is 0 Å². The number of ether oxygens (including phenoxy) is 1. The van der Waals surface area contributed by atoms with Gasteiger partial charge < -0.3 is 15.4 Å². The minimum atomic E-state index is -0.0469.